The van der Waals surface area contributed by atoms with Gasteiger partial charge in [0.1, 0.15) is 24.1 Å². The highest BCUT2D eigenvalue weighted by atomic mass is 32.4. The van der Waals surface area contributed by atoms with Gasteiger partial charge in [-0.25, -0.2) is 0 Å². The monoisotopic (exact) mass is 445 g/mol. The molecule has 3 heterocycles. The summed E-state index contributed by atoms with van der Waals surface area (Å²) in [4.78, 5) is 1.37. The molecule has 0 radical (unpaired) electrons. The smallest absolute Gasteiger partial charge is 0.135 e. The zero-order valence-electron chi connectivity index (χ0n) is 20.0. The summed E-state index contributed by atoms with van der Waals surface area (Å²) in [5, 5.41) is 5.07. The highest BCUT2D eigenvalue weighted by Gasteiger charge is 2.49. The van der Waals surface area contributed by atoms with Crippen molar-refractivity contribution in [2.24, 2.45) is 0 Å². The van der Waals surface area contributed by atoms with Crippen LogP contribution in [0, 0.1) is 0 Å². The van der Waals surface area contributed by atoms with Crippen molar-refractivity contribution in [1.29, 1.82) is 0 Å². The van der Waals surface area contributed by atoms with Gasteiger partial charge in [0.05, 0.1) is 6.61 Å². The van der Waals surface area contributed by atoms with Crippen LogP contribution in [0.3, 0.4) is 0 Å². The second-order valence-corrected chi connectivity index (χ2v) is 19.6. The Morgan fingerprint density at radius 1 is 1.03 bits per heavy atom. The molecule has 1 aromatic heterocycles. The second-order valence-electron chi connectivity index (χ2n) is 11.0. The topological polar surface area (TPSA) is 34.4 Å². The maximum atomic E-state index is 6.66. The molecule has 1 fully saturated rings. The number of nitrogens with one attached hydrogen (secondary N) is 1. The number of furan rings is 1. The molecule has 1 spiro atoms. The zero-order valence-corrected chi connectivity index (χ0v) is 21.8. The van der Waals surface area contributed by atoms with Crippen molar-refractivity contribution >= 4 is 29.4 Å². The summed E-state index contributed by atoms with van der Waals surface area (Å²) < 4.78 is 12.5. The Hall–Kier alpha value is -0.753. The number of benzene rings is 1. The molecule has 3 nitrogen and oxygen atoms in total. The molecule has 5 heteroatoms. The van der Waals surface area contributed by atoms with Crippen LogP contribution in [0.4, 0.5) is 0 Å². The zero-order chi connectivity index (χ0) is 21.9. The van der Waals surface area contributed by atoms with E-state index < -0.39 is 7.22 Å². The standard InChI is InChI=1S/C25H39NO2SSi/c1-16(2)30(17(3)4,18(5)6)29-19-9-10-20-21(13-19)28-23-22(20)24(7,8)14-26-25(23)11-12-27-15-25/h9-10,13,16-18,26H,11-12,14-15H2,1-8H3. The van der Waals surface area contributed by atoms with Gasteiger partial charge >= 0.3 is 0 Å². The van der Waals surface area contributed by atoms with E-state index in [1.807, 2.05) is 0 Å². The lowest BCUT2D eigenvalue weighted by atomic mass is 9.74. The summed E-state index contributed by atoms with van der Waals surface area (Å²) in [6.07, 6.45) is 0.988. The van der Waals surface area contributed by atoms with Crippen LogP contribution in [0.5, 0.6) is 0 Å². The molecule has 1 saturated heterocycles. The summed E-state index contributed by atoms with van der Waals surface area (Å²) in [7, 11) is -1.58. The quantitative estimate of drug-likeness (QED) is 0.494. The first-order valence-corrected chi connectivity index (χ1v) is 15.4. The van der Waals surface area contributed by atoms with E-state index in [1.165, 1.54) is 15.8 Å². The van der Waals surface area contributed by atoms with Crippen molar-refractivity contribution in [3.8, 4) is 0 Å². The van der Waals surface area contributed by atoms with Crippen molar-refractivity contribution < 1.29 is 9.15 Å². The van der Waals surface area contributed by atoms with E-state index in [9.17, 15) is 0 Å². The molecule has 1 aromatic carbocycles. The highest BCUT2D eigenvalue weighted by molar-refractivity contribution is 8.29. The Labute approximate surface area is 187 Å². The fourth-order valence-electron chi connectivity index (χ4n) is 6.15. The number of fused-ring (bicyclic) bond motifs is 4. The van der Waals surface area contributed by atoms with Crippen molar-refractivity contribution in [3.05, 3.63) is 29.5 Å². The third kappa shape index (κ3) is 3.32. The van der Waals surface area contributed by atoms with Crippen molar-refractivity contribution in [3.63, 3.8) is 0 Å². The number of hydrogen-bond donors (Lipinski definition) is 1. The summed E-state index contributed by atoms with van der Waals surface area (Å²) in [6, 6.07) is 7.01. The molecular weight excluding hydrogens is 406 g/mol. The highest BCUT2D eigenvalue weighted by Crippen LogP contribution is 2.53. The first-order valence-electron chi connectivity index (χ1n) is 11.6. The Balaban J connectivity index is 1.81. The van der Waals surface area contributed by atoms with Gasteiger partial charge in [-0.1, -0.05) is 55.4 Å². The molecule has 166 valence electrons. The fraction of sp³-hybridized carbons (Fsp3) is 0.680. The average Bonchev–Trinajstić information content (AvgIpc) is 3.28. The summed E-state index contributed by atoms with van der Waals surface area (Å²) in [6.45, 7) is 21.7. The molecule has 1 unspecified atom stereocenters. The van der Waals surface area contributed by atoms with Crippen molar-refractivity contribution in [2.75, 3.05) is 19.8 Å². The van der Waals surface area contributed by atoms with Crippen LogP contribution in [0.25, 0.3) is 11.0 Å². The van der Waals surface area contributed by atoms with Gasteiger partial charge in [0, 0.05) is 34.4 Å². The molecule has 1 atom stereocenters. The molecule has 0 aliphatic carbocycles. The van der Waals surface area contributed by atoms with Crippen LogP contribution in [0.2, 0.25) is 16.6 Å². The Kier molecular flexibility index (Phi) is 5.75. The van der Waals surface area contributed by atoms with E-state index in [0.29, 0.717) is 6.61 Å². The molecular formula is C25H39NO2SSi. The van der Waals surface area contributed by atoms with Crippen LogP contribution in [-0.4, -0.2) is 27.0 Å². The lowest BCUT2D eigenvalue weighted by Gasteiger charge is -2.42. The molecule has 30 heavy (non-hydrogen) atoms. The minimum absolute atomic E-state index is 0.0510. The van der Waals surface area contributed by atoms with E-state index in [1.54, 1.807) is 0 Å². The van der Waals surface area contributed by atoms with E-state index >= 15 is 0 Å². The molecule has 0 amide bonds. The summed E-state index contributed by atoms with van der Waals surface area (Å²) in [5.74, 6) is 1.12. The molecule has 1 N–H and O–H groups in total. The third-order valence-electron chi connectivity index (χ3n) is 7.67. The SMILES string of the molecule is CC(C)[Si](Sc1ccc2c3c(oc2c1)C1(CCOC1)NCC3(C)C)(C(C)C)C(C)C. The van der Waals surface area contributed by atoms with E-state index in [2.05, 4.69) is 90.1 Å². The molecule has 0 bridgehead atoms. The van der Waals surface area contributed by atoms with Gasteiger partial charge in [-0.05, 0) is 41.2 Å². The lowest BCUT2D eigenvalue weighted by Crippen LogP contribution is -2.53. The average molecular weight is 446 g/mol. The second kappa shape index (κ2) is 7.68. The van der Waals surface area contributed by atoms with Gasteiger partial charge in [0.25, 0.3) is 0 Å². The van der Waals surface area contributed by atoms with E-state index in [4.69, 9.17) is 9.15 Å². The van der Waals surface area contributed by atoms with Gasteiger partial charge in [-0.2, -0.15) is 11.2 Å². The van der Waals surface area contributed by atoms with Crippen molar-refractivity contribution in [1.82, 2.24) is 5.32 Å². The Bertz CT molecular complexity index is 903. The minimum atomic E-state index is -1.58. The van der Waals surface area contributed by atoms with Gasteiger partial charge < -0.3 is 14.5 Å². The molecule has 2 aromatic rings. The largest absolute Gasteiger partial charge is 0.459 e. The Morgan fingerprint density at radius 2 is 1.70 bits per heavy atom. The number of rotatable bonds is 5. The van der Waals surface area contributed by atoms with Crippen LogP contribution >= 0.6 is 11.2 Å². The lowest BCUT2D eigenvalue weighted by molar-refractivity contribution is 0.144. The first-order chi connectivity index (χ1) is 14.0. The molecule has 4 rings (SSSR count). The first kappa shape index (κ1) is 22.4. The van der Waals surface area contributed by atoms with E-state index in [-0.39, 0.29) is 11.0 Å². The summed E-state index contributed by atoms with van der Waals surface area (Å²) >= 11 is 2.18. The van der Waals surface area contributed by atoms with Crippen LogP contribution in [-0.2, 0) is 15.7 Å². The normalized spacial score (nSPS) is 24.0. The number of hydrogen-bond acceptors (Lipinski definition) is 4. The fourth-order valence-corrected chi connectivity index (χ4v) is 15.3. The minimum Gasteiger partial charge on any atom is -0.459 e. The predicted molar refractivity (Wildman–Crippen MR) is 131 cm³/mol. The van der Waals surface area contributed by atoms with Crippen LogP contribution < -0.4 is 5.32 Å². The predicted octanol–water partition coefficient (Wildman–Crippen LogP) is 7.20. The number of ether oxygens (including phenoxy) is 1. The molecule has 0 saturated carbocycles. The maximum Gasteiger partial charge on any atom is 0.135 e. The van der Waals surface area contributed by atoms with Crippen LogP contribution in [0.15, 0.2) is 27.5 Å². The van der Waals surface area contributed by atoms with E-state index in [0.717, 1.165) is 47.5 Å². The molecule has 2 aliphatic heterocycles. The Morgan fingerprint density at radius 3 is 2.27 bits per heavy atom. The van der Waals surface area contributed by atoms with Crippen molar-refractivity contribution in [2.45, 2.75) is 94.3 Å². The van der Waals surface area contributed by atoms with Gasteiger partial charge in [0.2, 0.25) is 0 Å². The molecule has 2 aliphatic rings. The van der Waals surface area contributed by atoms with Gasteiger partial charge in [-0.15, -0.1) is 0 Å². The van der Waals surface area contributed by atoms with Gasteiger partial charge in [0.15, 0.2) is 0 Å². The van der Waals surface area contributed by atoms with Gasteiger partial charge in [-0.3, -0.25) is 0 Å². The third-order valence-corrected chi connectivity index (χ3v) is 19.9. The maximum absolute atomic E-state index is 6.66. The summed E-state index contributed by atoms with van der Waals surface area (Å²) in [5.41, 5.74) is 4.52. The van der Waals surface area contributed by atoms with Crippen LogP contribution in [0.1, 0.15) is 73.1 Å².